The fraction of sp³-hybridized carbons (Fsp3) is 0.0185. The van der Waals surface area contributed by atoms with Crippen LogP contribution in [0, 0.1) is 0 Å². The van der Waals surface area contributed by atoms with E-state index in [0.717, 1.165) is 44.3 Å². The topological polar surface area (TPSA) is 51.8 Å². The number of aromatic nitrogens is 3. The molecule has 3 heterocycles. The first-order valence-electron chi connectivity index (χ1n) is 19.8. The predicted octanol–water partition coefficient (Wildman–Crippen LogP) is 13.8. The zero-order valence-corrected chi connectivity index (χ0v) is 32.5. The Bertz CT molecular complexity index is 3210. The fourth-order valence-electron chi connectivity index (χ4n) is 9.27. The average molecular weight is 772 g/mol. The van der Waals surface area contributed by atoms with E-state index in [0.29, 0.717) is 17.5 Å². The molecule has 0 radical (unpaired) electrons. The molecular formula is C54H33N3OS. The van der Waals surface area contributed by atoms with E-state index in [1.54, 1.807) is 0 Å². The Morgan fingerprint density at radius 2 is 0.915 bits per heavy atom. The van der Waals surface area contributed by atoms with Gasteiger partial charge in [-0.1, -0.05) is 163 Å². The molecule has 0 saturated carbocycles. The lowest BCUT2D eigenvalue weighted by Crippen LogP contribution is -2.32. The normalized spacial score (nSPS) is 14.8. The Kier molecular flexibility index (Phi) is 7.65. The number of hydrogen-bond donors (Lipinski definition) is 0. The molecule has 0 fully saturated rings. The van der Waals surface area contributed by atoms with E-state index < -0.39 is 5.41 Å². The Balaban J connectivity index is 0.988. The van der Waals surface area contributed by atoms with Crippen molar-refractivity contribution in [2.24, 2.45) is 0 Å². The van der Waals surface area contributed by atoms with Crippen LogP contribution in [0.2, 0.25) is 0 Å². The summed E-state index contributed by atoms with van der Waals surface area (Å²) in [6.45, 7) is 0. The van der Waals surface area contributed by atoms with Crippen LogP contribution in [-0.4, -0.2) is 15.0 Å². The lowest BCUT2D eigenvalue weighted by molar-refractivity contribution is 0.615. The number of furan rings is 1. The largest absolute Gasteiger partial charge is 0.464 e. The molecule has 5 heteroatoms. The maximum absolute atomic E-state index is 5.96. The zero-order chi connectivity index (χ0) is 38.9. The molecule has 1 aliphatic carbocycles. The maximum Gasteiger partial charge on any atom is 0.164 e. The van der Waals surface area contributed by atoms with Crippen molar-refractivity contribution < 1.29 is 4.42 Å². The molecule has 1 atom stereocenters. The number of benzene rings is 8. The second kappa shape index (κ2) is 13.4. The molecule has 0 N–H and O–H groups in total. The van der Waals surface area contributed by atoms with Crippen molar-refractivity contribution in [3.63, 3.8) is 0 Å². The Hall–Kier alpha value is -7.34. The van der Waals surface area contributed by atoms with Crippen molar-refractivity contribution in [2.75, 3.05) is 0 Å². The Morgan fingerprint density at radius 1 is 0.373 bits per heavy atom. The van der Waals surface area contributed by atoms with Gasteiger partial charge in [-0.05, 0) is 98.1 Å². The molecule has 10 aromatic rings. The van der Waals surface area contributed by atoms with Crippen LogP contribution < -0.4 is 0 Å². The number of rotatable bonds is 5. The molecule has 59 heavy (non-hydrogen) atoms. The van der Waals surface area contributed by atoms with E-state index in [1.807, 2.05) is 78.7 Å². The first-order valence-corrected chi connectivity index (χ1v) is 20.6. The highest BCUT2D eigenvalue weighted by atomic mass is 32.2. The van der Waals surface area contributed by atoms with Gasteiger partial charge < -0.3 is 4.42 Å². The van der Waals surface area contributed by atoms with E-state index in [2.05, 4.69) is 133 Å². The first kappa shape index (κ1) is 33.8. The molecular weight excluding hydrogens is 739 g/mol. The van der Waals surface area contributed by atoms with Crippen molar-refractivity contribution in [3.05, 3.63) is 223 Å². The lowest BCUT2D eigenvalue weighted by Gasteiger charge is -2.40. The molecule has 2 aromatic heterocycles. The summed E-state index contributed by atoms with van der Waals surface area (Å²) in [5.41, 5.74) is 15.6. The monoisotopic (exact) mass is 771 g/mol. The standard InChI is InChI=1S/C54H33N3OS/c1-3-13-34(14-4-1)51-55-52(35-15-5-2-6-16-35)57-53(56-51)40-20-12-19-38(32-40)36-17-11-18-37(31-36)39-25-28-49-46(33-39)54(44-23-9-10-24-48(44)59-49)43-22-8-7-21-41(43)50-42-29-30-58-47(42)27-26-45(50)54/h1-33H. The van der Waals surface area contributed by atoms with Crippen molar-refractivity contribution in [3.8, 4) is 67.5 Å². The second-order valence-corrected chi connectivity index (χ2v) is 16.2. The minimum Gasteiger partial charge on any atom is -0.464 e. The lowest BCUT2D eigenvalue weighted by atomic mass is 9.67. The third-order valence-electron chi connectivity index (χ3n) is 11.9. The fourth-order valence-corrected chi connectivity index (χ4v) is 10.4. The van der Waals surface area contributed by atoms with Crippen LogP contribution in [0.15, 0.2) is 215 Å². The Morgan fingerprint density at radius 3 is 1.63 bits per heavy atom. The summed E-state index contributed by atoms with van der Waals surface area (Å²) in [6.07, 6.45) is 1.81. The van der Waals surface area contributed by atoms with Crippen LogP contribution in [0.25, 0.3) is 78.5 Å². The van der Waals surface area contributed by atoms with E-state index in [-0.39, 0.29) is 0 Å². The van der Waals surface area contributed by atoms with Gasteiger partial charge >= 0.3 is 0 Å². The summed E-state index contributed by atoms with van der Waals surface area (Å²) in [5.74, 6) is 1.93. The summed E-state index contributed by atoms with van der Waals surface area (Å²) >= 11 is 1.87. The predicted molar refractivity (Wildman–Crippen MR) is 238 cm³/mol. The molecule has 276 valence electrons. The summed E-state index contributed by atoms with van der Waals surface area (Å²) in [6, 6.07) is 69.2. The van der Waals surface area contributed by atoms with E-state index in [1.165, 1.54) is 48.7 Å². The van der Waals surface area contributed by atoms with Crippen LogP contribution in [0.3, 0.4) is 0 Å². The molecule has 4 nitrogen and oxygen atoms in total. The first-order chi connectivity index (χ1) is 29.2. The maximum atomic E-state index is 5.96. The third-order valence-corrected chi connectivity index (χ3v) is 13.0. The molecule has 12 rings (SSSR count). The van der Waals surface area contributed by atoms with Gasteiger partial charge in [0.05, 0.1) is 11.7 Å². The summed E-state index contributed by atoms with van der Waals surface area (Å²) in [7, 11) is 0. The number of nitrogens with zero attached hydrogens (tertiary/aromatic N) is 3. The van der Waals surface area contributed by atoms with Gasteiger partial charge in [0.1, 0.15) is 5.58 Å². The average Bonchev–Trinajstić information content (AvgIpc) is 3.91. The van der Waals surface area contributed by atoms with E-state index in [4.69, 9.17) is 19.4 Å². The molecule has 0 saturated heterocycles. The highest BCUT2D eigenvalue weighted by molar-refractivity contribution is 7.99. The zero-order valence-electron chi connectivity index (χ0n) is 31.7. The van der Waals surface area contributed by atoms with Crippen molar-refractivity contribution in [2.45, 2.75) is 15.2 Å². The second-order valence-electron chi connectivity index (χ2n) is 15.1. The van der Waals surface area contributed by atoms with Crippen LogP contribution in [0.1, 0.15) is 22.3 Å². The molecule has 8 aromatic carbocycles. The smallest absolute Gasteiger partial charge is 0.164 e. The van der Waals surface area contributed by atoms with Gasteiger partial charge in [0.25, 0.3) is 0 Å². The molecule has 1 aliphatic heterocycles. The van der Waals surface area contributed by atoms with Crippen LogP contribution >= 0.6 is 11.8 Å². The van der Waals surface area contributed by atoms with Gasteiger partial charge in [0.15, 0.2) is 17.5 Å². The van der Waals surface area contributed by atoms with E-state index >= 15 is 0 Å². The van der Waals surface area contributed by atoms with E-state index in [9.17, 15) is 0 Å². The number of hydrogen-bond acceptors (Lipinski definition) is 5. The highest BCUT2D eigenvalue weighted by Gasteiger charge is 2.50. The van der Waals surface area contributed by atoms with Gasteiger partial charge in [-0.25, -0.2) is 15.0 Å². The SMILES string of the molecule is c1ccc(-c2nc(-c3ccccc3)nc(-c3cccc(-c4cccc(-c5ccc6c(c5)C5(c7ccccc7S6)c6ccccc6-c6c5ccc5occc65)c4)c3)n2)cc1. The van der Waals surface area contributed by atoms with Crippen molar-refractivity contribution >= 4 is 22.7 Å². The minimum atomic E-state index is -0.488. The van der Waals surface area contributed by atoms with Crippen molar-refractivity contribution in [1.29, 1.82) is 0 Å². The van der Waals surface area contributed by atoms with Crippen LogP contribution in [0.4, 0.5) is 0 Å². The molecule has 0 amide bonds. The summed E-state index contributed by atoms with van der Waals surface area (Å²) in [5, 5.41) is 1.15. The molecule has 1 unspecified atom stereocenters. The summed E-state index contributed by atoms with van der Waals surface area (Å²) < 4.78 is 5.96. The third kappa shape index (κ3) is 5.28. The number of fused-ring (bicyclic) bond motifs is 11. The molecule has 1 spiro atoms. The summed E-state index contributed by atoms with van der Waals surface area (Å²) in [4.78, 5) is 17.5. The Labute approximate surface area is 345 Å². The van der Waals surface area contributed by atoms with Gasteiger partial charge in [0.2, 0.25) is 0 Å². The van der Waals surface area contributed by atoms with Crippen LogP contribution in [0.5, 0.6) is 0 Å². The quantitative estimate of drug-likeness (QED) is 0.174. The van der Waals surface area contributed by atoms with Gasteiger partial charge in [-0.2, -0.15) is 0 Å². The van der Waals surface area contributed by atoms with Gasteiger partial charge in [-0.3, -0.25) is 0 Å². The van der Waals surface area contributed by atoms with Gasteiger partial charge in [-0.15, -0.1) is 0 Å². The van der Waals surface area contributed by atoms with Gasteiger partial charge in [0, 0.05) is 31.9 Å². The molecule has 2 aliphatic rings. The van der Waals surface area contributed by atoms with Crippen LogP contribution in [-0.2, 0) is 5.41 Å². The minimum absolute atomic E-state index is 0.488. The highest BCUT2D eigenvalue weighted by Crippen LogP contribution is 2.63. The van der Waals surface area contributed by atoms with Crippen molar-refractivity contribution in [1.82, 2.24) is 15.0 Å². The molecule has 0 bridgehead atoms.